The number of carbonyl (C=O) groups is 1. The molecule has 1 heterocycles. The lowest BCUT2D eigenvalue weighted by molar-refractivity contribution is 0.0951. The number of hydrogen-bond donors (Lipinski definition) is 2. The fourth-order valence-electron chi connectivity index (χ4n) is 3.29. The summed E-state index contributed by atoms with van der Waals surface area (Å²) in [5.41, 5.74) is 6.57. The van der Waals surface area contributed by atoms with Crippen LogP contribution in [0.25, 0.3) is 22.5 Å². The number of rotatable bonds is 6. The van der Waals surface area contributed by atoms with Gasteiger partial charge in [-0.25, -0.2) is 0 Å². The van der Waals surface area contributed by atoms with Gasteiger partial charge in [-0.05, 0) is 53.9 Å². The predicted octanol–water partition coefficient (Wildman–Crippen LogP) is 4.99. The van der Waals surface area contributed by atoms with Crippen molar-refractivity contribution in [2.45, 2.75) is 13.5 Å². The van der Waals surface area contributed by atoms with Crippen LogP contribution in [0.15, 0.2) is 78.9 Å². The number of ether oxygens (including phenoxy) is 1. The van der Waals surface area contributed by atoms with E-state index in [0.29, 0.717) is 12.1 Å². The van der Waals surface area contributed by atoms with E-state index in [1.54, 1.807) is 7.11 Å². The number of benzene rings is 3. The topological polar surface area (TPSA) is 67.0 Å². The van der Waals surface area contributed by atoms with Gasteiger partial charge in [0.1, 0.15) is 5.75 Å². The van der Waals surface area contributed by atoms with Gasteiger partial charge in [0.05, 0.1) is 18.5 Å². The molecule has 0 saturated heterocycles. The molecule has 0 bridgehead atoms. The Morgan fingerprint density at radius 2 is 1.77 bits per heavy atom. The molecule has 4 aromatic rings. The highest BCUT2D eigenvalue weighted by molar-refractivity contribution is 5.94. The quantitative estimate of drug-likeness (QED) is 0.482. The second-order valence-electron chi connectivity index (χ2n) is 7.09. The number of aromatic nitrogens is 2. The number of nitrogens with one attached hydrogen (secondary N) is 2. The van der Waals surface area contributed by atoms with E-state index in [4.69, 9.17) is 4.74 Å². The molecular formula is C25H23N3O2. The van der Waals surface area contributed by atoms with Gasteiger partial charge in [-0.3, -0.25) is 9.89 Å². The van der Waals surface area contributed by atoms with Gasteiger partial charge in [0.25, 0.3) is 5.91 Å². The van der Waals surface area contributed by atoms with E-state index in [0.717, 1.165) is 33.8 Å². The third-order valence-electron chi connectivity index (χ3n) is 5.10. The normalized spacial score (nSPS) is 10.6. The third-order valence-corrected chi connectivity index (χ3v) is 5.10. The Balaban J connectivity index is 1.45. The van der Waals surface area contributed by atoms with E-state index in [-0.39, 0.29) is 5.91 Å². The number of amides is 1. The highest BCUT2D eigenvalue weighted by Crippen LogP contribution is 2.26. The van der Waals surface area contributed by atoms with Crippen molar-refractivity contribution in [3.63, 3.8) is 0 Å². The second kappa shape index (κ2) is 8.66. The molecule has 1 amide bonds. The van der Waals surface area contributed by atoms with Gasteiger partial charge in [-0.2, -0.15) is 5.10 Å². The summed E-state index contributed by atoms with van der Waals surface area (Å²) in [6.45, 7) is 2.55. The van der Waals surface area contributed by atoms with Crippen LogP contribution in [0.4, 0.5) is 0 Å². The average molecular weight is 397 g/mol. The lowest BCUT2D eigenvalue weighted by Gasteiger charge is -2.08. The van der Waals surface area contributed by atoms with Crippen LogP contribution in [-0.4, -0.2) is 23.2 Å². The van der Waals surface area contributed by atoms with Gasteiger partial charge >= 0.3 is 0 Å². The largest absolute Gasteiger partial charge is 0.497 e. The standard InChI is InChI=1S/C25H23N3O2/c1-17-6-3-4-7-21(17)16-26-25(29)19-12-10-18(11-13-19)23-15-24(28-27-23)20-8-5-9-22(14-20)30-2/h3-15H,16H2,1-2H3,(H,26,29)(H,27,28). The zero-order valence-electron chi connectivity index (χ0n) is 17.0. The molecule has 0 unspecified atom stereocenters. The second-order valence-corrected chi connectivity index (χ2v) is 7.09. The summed E-state index contributed by atoms with van der Waals surface area (Å²) in [5, 5.41) is 10.5. The van der Waals surface area contributed by atoms with Gasteiger partial charge in [0.15, 0.2) is 0 Å². The molecule has 0 spiro atoms. The zero-order valence-corrected chi connectivity index (χ0v) is 17.0. The molecule has 0 saturated carbocycles. The first kappa shape index (κ1) is 19.5. The molecule has 2 N–H and O–H groups in total. The fourth-order valence-corrected chi connectivity index (χ4v) is 3.29. The van der Waals surface area contributed by atoms with Crippen LogP contribution >= 0.6 is 0 Å². The van der Waals surface area contributed by atoms with Gasteiger partial charge in [-0.15, -0.1) is 0 Å². The van der Waals surface area contributed by atoms with Crippen LogP contribution in [0.5, 0.6) is 5.75 Å². The molecule has 0 fully saturated rings. The first-order valence-corrected chi connectivity index (χ1v) is 9.77. The molecule has 4 rings (SSSR count). The van der Waals surface area contributed by atoms with E-state index < -0.39 is 0 Å². The minimum atomic E-state index is -0.0912. The Bertz CT molecular complexity index is 1160. The van der Waals surface area contributed by atoms with Crippen molar-refractivity contribution in [2.75, 3.05) is 7.11 Å². The van der Waals surface area contributed by atoms with E-state index in [1.807, 2.05) is 85.8 Å². The SMILES string of the molecule is COc1cccc(-c2cc(-c3ccc(C(=O)NCc4ccccc4C)cc3)[nH]n2)c1. The summed E-state index contributed by atoms with van der Waals surface area (Å²) < 4.78 is 5.28. The first-order chi connectivity index (χ1) is 14.6. The van der Waals surface area contributed by atoms with Gasteiger partial charge in [0.2, 0.25) is 0 Å². The highest BCUT2D eigenvalue weighted by Gasteiger charge is 2.09. The van der Waals surface area contributed by atoms with Crippen molar-refractivity contribution in [1.82, 2.24) is 15.5 Å². The number of nitrogens with zero attached hydrogens (tertiary/aromatic N) is 1. The number of H-pyrrole nitrogens is 1. The highest BCUT2D eigenvalue weighted by atomic mass is 16.5. The van der Waals surface area contributed by atoms with Crippen molar-refractivity contribution in [3.8, 4) is 28.3 Å². The maximum atomic E-state index is 12.5. The number of aromatic amines is 1. The molecule has 30 heavy (non-hydrogen) atoms. The van der Waals surface area contributed by atoms with Gasteiger partial charge in [-0.1, -0.05) is 48.5 Å². The summed E-state index contributed by atoms with van der Waals surface area (Å²) in [7, 11) is 1.65. The minimum Gasteiger partial charge on any atom is -0.497 e. The van der Waals surface area contributed by atoms with E-state index in [9.17, 15) is 4.79 Å². The molecule has 0 radical (unpaired) electrons. The Hall–Kier alpha value is -3.86. The Labute approximate surface area is 175 Å². The van der Waals surface area contributed by atoms with Crippen LogP contribution < -0.4 is 10.1 Å². The van der Waals surface area contributed by atoms with Crippen molar-refractivity contribution in [1.29, 1.82) is 0 Å². The van der Waals surface area contributed by atoms with Crippen LogP contribution in [0.2, 0.25) is 0 Å². The summed E-state index contributed by atoms with van der Waals surface area (Å²) in [5.74, 6) is 0.699. The van der Waals surface area contributed by atoms with E-state index >= 15 is 0 Å². The van der Waals surface area contributed by atoms with Gasteiger partial charge in [0, 0.05) is 17.7 Å². The van der Waals surface area contributed by atoms with Crippen LogP contribution in [0.3, 0.4) is 0 Å². The Kier molecular flexibility index (Phi) is 5.61. The number of methoxy groups -OCH3 is 1. The lowest BCUT2D eigenvalue weighted by atomic mass is 10.1. The van der Waals surface area contributed by atoms with Crippen LogP contribution in [-0.2, 0) is 6.54 Å². The lowest BCUT2D eigenvalue weighted by Crippen LogP contribution is -2.23. The number of hydrogen-bond acceptors (Lipinski definition) is 3. The van der Waals surface area contributed by atoms with Crippen molar-refractivity contribution in [3.05, 3.63) is 95.6 Å². The molecule has 0 atom stereocenters. The first-order valence-electron chi connectivity index (χ1n) is 9.77. The van der Waals surface area contributed by atoms with Gasteiger partial charge < -0.3 is 10.1 Å². The molecular weight excluding hydrogens is 374 g/mol. The fraction of sp³-hybridized carbons (Fsp3) is 0.120. The molecule has 0 aliphatic rings. The van der Waals surface area contributed by atoms with Crippen molar-refractivity contribution >= 4 is 5.91 Å². The van der Waals surface area contributed by atoms with Crippen LogP contribution in [0, 0.1) is 6.92 Å². The Morgan fingerprint density at radius 3 is 2.53 bits per heavy atom. The van der Waals surface area contributed by atoms with Crippen molar-refractivity contribution < 1.29 is 9.53 Å². The zero-order chi connectivity index (χ0) is 20.9. The van der Waals surface area contributed by atoms with E-state index in [1.165, 1.54) is 5.56 Å². The molecule has 5 nitrogen and oxygen atoms in total. The summed E-state index contributed by atoms with van der Waals surface area (Å²) >= 11 is 0. The number of carbonyl (C=O) groups excluding carboxylic acids is 1. The average Bonchev–Trinajstić information content (AvgIpc) is 3.29. The maximum absolute atomic E-state index is 12.5. The predicted molar refractivity (Wildman–Crippen MR) is 118 cm³/mol. The molecule has 0 aliphatic heterocycles. The Morgan fingerprint density at radius 1 is 0.967 bits per heavy atom. The molecule has 150 valence electrons. The molecule has 1 aromatic heterocycles. The third kappa shape index (κ3) is 4.25. The maximum Gasteiger partial charge on any atom is 0.251 e. The monoisotopic (exact) mass is 397 g/mol. The number of aryl methyl sites for hydroxylation is 1. The molecule has 0 aliphatic carbocycles. The summed E-state index contributed by atoms with van der Waals surface area (Å²) in [4.78, 5) is 12.5. The van der Waals surface area contributed by atoms with Crippen LogP contribution in [0.1, 0.15) is 21.5 Å². The summed E-state index contributed by atoms with van der Waals surface area (Å²) in [6.07, 6.45) is 0. The summed E-state index contributed by atoms with van der Waals surface area (Å²) in [6, 6.07) is 25.3. The van der Waals surface area contributed by atoms with Crippen molar-refractivity contribution in [2.24, 2.45) is 0 Å². The molecule has 5 heteroatoms. The smallest absolute Gasteiger partial charge is 0.251 e. The minimum absolute atomic E-state index is 0.0912. The van der Waals surface area contributed by atoms with E-state index in [2.05, 4.69) is 15.5 Å². The molecule has 3 aromatic carbocycles.